The molecule has 0 radical (unpaired) electrons. The van der Waals surface area contributed by atoms with Gasteiger partial charge < -0.3 is 14.5 Å². The van der Waals surface area contributed by atoms with Crippen molar-refractivity contribution in [3.63, 3.8) is 0 Å². The molecule has 0 aliphatic heterocycles. The third kappa shape index (κ3) is 2.96. The molecule has 0 atom stereocenters. The van der Waals surface area contributed by atoms with E-state index in [2.05, 4.69) is 15.5 Å². The molecule has 1 heterocycles. The summed E-state index contributed by atoms with van der Waals surface area (Å²) in [6.07, 6.45) is 0. The molecule has 1 N–H and O–H groups in total. The number of nitrogens with one attached hydrogen (secondary N) is 1. The van der Waals surface area contributed by atoms with Crippen LogP contribution in [0, 0.1) is 6.92 Å². The topological polar surface area (TPSA) is 60.2 Å². The van der Waals surface area contributed by atoms with Crippen LogP contribution in [0.15, 0.2) is 28.7 Å². The molecule has 0 bridgehead atoms. The van der Waals surface area contributed by atoms with Crippen molar-refractivity contribution in [3.8, 4) is 5.75 Å². The Hall–Kier alpha value is -2.04. The lowest BCUT2D eigenvalue weighted by atomic mass is 10.3. The van der Waals surface area contributed by atoms with Crippen molar-refractivity contribution < 1.29 is 9.15 Å². The van der Waals surface area contributed by atoms with E-state index in [1.54, 1.807) is 6.92 Å². The Morgan fingerprint density at radius 2 is 2.12 bits per heavy atom. The molecule has 17 heavy (non-hydrogen) atoms. The van der Waals surface area contributed by atoms with E-state index in [4.69, 9.17) is 9.15 Å². The summed E-state index contributed by atoms with van der Waals surface area (Å²) in [7, 11) is 0. The monoisotopic (exact) mass is 233 g/mol. The van der Waals surface area contributed by atoms with E-state index in [1.807, 2.05) is 31.2 Å². The molecule has 0 amide bonds. The van der Waals surface area contributed by atoms with E-state index < -0.39 is 0 Å². The number of para-hydroxylation sites is 2. The molecular weight excluding hydrogens is 218 g/mol. The lowest BCUT2D eigenvalue weighted by molar-refractivity contribution is 0.341. The smallest absolute Gasteiger partial charge is 0.235 e. The third-order valence-corrected chi connectivity index (χ3v) is 2.18. The molecule has 1 aromatic carbocycles. The zero-order valence-electron chi connectivity index (χ0n) is 9.93. The van der Waals surface area contributed by atoms with Crippen molar-refractivity contribution in [1.82, 2.24) is 10.2 Å². The highest BCUT2D eigenvalue weighted by molar-refractivity contribution is 5.56. The molecule has 5 heteroatoms. The van der Waals surface area contributed by atoms with Gasteiger partial charge in [-0.05, 0) is 19.1 Å². The molecule has 0 saturated carbocycles. The Balaban J connectivity index is 2.03. The van der Waals surface area contributed by atoms with Gasteiger partial charge in [0.05, 0.1) is 18.8 Å². The minimum absolute atomic E-state index is 0.491. The Kier molecular flexibility index (Phi) is 3.59. The number of benzene rings is 1. The highest BCUT2D eigenvalue weighted by Crippen LogP contribution is 2.23. The Morgan fingerprint density at radius 3 is 2.82 bits per heavy atom. The fourth-order valence-corrected chi connectivity index (χ4v) is 1.47. The van der Waals surface area contributed by atoms with E-state index in [-0.39, 0.29) is 0 Å². The van der Waals surface area contributed by atoms with Crippen molar-refractivity contribution >= 4 is 5.69 Å². The Bertz CT molecular complexity index is 482. The second kappa shape index (κ2) is 5.34. The summed E-state index contributed by atoms with van der Waals surface area (Å²) in [5, 5.41) is 10.9. The summed E-state index contributed by atoms with van der Waals surface area (Å²) in [4.78, 5) is 0. The van der Waals surface area contributed by atoms with Gasteiger partial charge in [0.25, 0.3) is 0 Å². The van der Waals surface area contributed by atoms with Crippen LogP contribution in [0.2, 0.25) is 0 Å². The number of ether oxygens (including phenoxy) is 1. The first-order valence-corrected chi connectivity index (χ1v) is 5.54. The molecule has 0 spiro atoms. The van der Waals surface area contributed by atoms with Crippen molar-refractivity contribution in [2.45, 2.75) is 20.4 Å². The Labute approximate surface area is 99.8 Å². The highest BCUT2D eigenvalue weighted by Gasteiger charge is 2.05. The summed E-state index contributed by atoms with van der Waals surface area (Å²) >= 11 is 0. The molecule has 0 aliphatic rings. The van der Waals surface area contributed by atoms with Crippen molar-refractivity contribution in [3.05, 3.63) is 36.0 Å². The van der Waals surface area contributed by atoms with E-state index in [0.29, 0.717) is 24.9 Å². The number of hydrogen-bond donors (Lipinski definition) is 1. The van der Waals surface area contributed by atoms with Gasteiger partial charge >= 0.3 is 0 Å². The van der Waals surface area contributed by atoms with Gasteiger partial charge in [0.1, 0.15) is 5.75 Å². The maximum atomic E-state index is 5.50. The standard InChI is InChI=1S/C12H15N3O2/c1-3-16-11-7-5-4-6-10(11)13-8-12-15-14-9(2)17-12/h4-7,13H,3,8H2,1-2H3. The average molecular weight is 233 g/mol. The van der Waals surface area contributed by atoms with E-state index in [0.717, 1.165) is 11.4 Å². The predicted octanol–water partition coefficient (Wildman–Crippen LogP) is 2.39. The number of aryl methyl sites for hydroxylation is 1. The van der Waals surface area contributed by atoms with Gasteiger partial charge in [0.2, 0.25) is 11.8 Å². The molecular formula is C12H15N3O2. The van der Waals surface area contributed by atoms with Gasteiger partial charge in [0, 0.05) is 6.92 Å². The molecule has 0 fully saturated rings. The van der Waals surface area contributed by atoms with E-state index in [1.165, 1.54) is 0 Å². The number of rotatable bonds is 5. The maximum absolute atomic E-state index is 5.50. The van der Waals surface area contributed by atoms with Crippen molar-refractivity contribution in [2.75, 3.05) is 11.9 Å². The number of aromatic nitrogens is 2. The van der Waals surface area contributed by atoms with Gasteiger partial charge in [-0.2, -0.15) is 0 Å². The van der Waals surface area contributed by atoms with Crippen LogP contribution in [0.1, 0.15) is 18.7 Å². The molecule has 2 aromatic rings. The molecule has 2 rings (SSSR count). The molecule has 0 saturated heterocycles. The quantitative estimate of drug-likeness (QED) is 0.859. The fraction of sp³-hybridized carbons (Fsp3) is 0.333. The normalized spacial score (nSPS) is 10.2. The average Bonchev–Trinajstić information content (AvgIpc) is 2.74. The van der Waals surface area contributed by atoms with Crippen LogP contribution in [-0.2, 0) is 6.54 Å². The first kappa shape index (κ1) is 11.4. The number of anilines is 1. The number of nitrogens with zero attached hydrogens (tertiary/aromatic N) is 2. The SMILES string of the molecule is CCOc1ccccc1NCc1nnc(C)o1. The lowest BCUT2D eigenvalue weighted by Crippen LogP contribution is -2.02. The van der Waals surface area contributed by atoms with Crippen LogP contribution in [0.5, 0.6) is 5.75 Å². The van der Waals surface area contributed by atoms with Crippen LogP contribution in [0.4, 0.5) is 5.69 Å². The second-order valence-corrected chi connectivity index (χ2v) is 3.50. The van der Waals surface area contributed by atoms with Crippen LogP contribution in [0.25, 0.3) is 0 Å². The second-order valence-electron chi connectivity index (χ2n) is 3.50. The lowest BCUT2D eigenvalue weighted by Gasteiger charge is -2.10. The summed E-state index contributed by atoms with van der Waals surface area (Å²) in [6.45, 7) is 4.85. The summed E-state index contributed by atoms with van der Waals surface area (Å²) < 4.78 is 10.8. The van der Waals surface area contributed by atoms with Crippen molar-refractivity contribution in [2.24, 2.45) is 0 Å². The molecule has 0 aliphatic carbocycles. The van der Waals surface area contributed by atoms with Gasteiger partial charge in [-0.15, -0.1) is 10.2 Å². The van der Waals surface area contributed by atoms with Gasteiger partial charge in [-0.1, -0.05) is 12.1 Å². The first-order valence-electron chi connectivity index (χ1n) is 5.54. The molecule has 5 nitrogen and oxygen atoms in total. The zero-order valence-corrected chi connectivity index (χ0v) is 9.93. The molecule has 0 unspecified atom stereocenters. The predicted molar refractivity (Wildman–Crippen MR) is 64.0 cm³/mol. The van der Waals surface area contributed by atoms with E-state index in [9.17, 15) is 0 Å². The number of hydrogen-bond acceptors (Lipinski definition) is 5. The summed E-state index contributed by atoms with van der Waals surface area (Å²) in [6, 6.07) is 7.76. The third-order valence-electron chi connectivity index (χ3n) is 2.18. The van der Waals surface area contributed by atoms with Crippen molar-refractivity contribution in [1.29, 1.82) is 0 Å². The molecule has 90 valence electrons. The Morgan fingerprint density at radius 1 is 1.29 bits per heavy atom. The van der Waals surface area contributed by atoms with Crippen LogP contribution in [-0.4, -0.2) is 16.8 Å². The first-order chi connectivity index (χ1) is 8.29. The molecule has 1 aromatic heterocycles. The highest BCUT2D eigenvalue weighted by atomic mass is 16.5. The fourth-order valence-electron chi connectivity index (χ4n) is 1.47. The summed E-state index contributed by atoms with van der Waals surface area (Å²) in [5.74, 6) is 1.96. The van der Waals surface area contributed by atoms with Gasteiger partial charge in [0.15, 0.2) is 0 Å². The minimum atomic E-state index is 0.491. The van der Waals surface area contributed by atoms with E-state index >= 15 is 0 Å². The van der Waals surface area contributed by atoms with Crippen LogP contribution in [0.3, 0.4) is 0 Å². The van der Waals surface area contributed by atoms with Gasteiger partial charge in [-0.25, -0.2) is 0 Å². The van der Waals surface area contributed by atoms with Gasteiger partial charge in [-0.3, -0.25) is 0 Å². The largest absolute Gasteiger partial charge is 0.492 e. The zero-order chi connectivity index (χ0) is 12.1. The maximum Gasteiger partial charge on any atom is 0.235 e. The van der Waals surface area contributed by atoms with Crippen LogP contribution < -0.4 is 10.1 Å². The minimum Gasteiger partial charge on any atom is -0.492 e. The van der Waals surface area contributed by atoms with Crippen LogP contribution >= 0.6 is 0 Å². The summed E-state index contributed by atoms with van der Waals surface area (Å²) in [5.41, 5.74) is 0.921.